The molecule has 6 heteroatoms. The van der Waals surface area contributed by atoms with E-state index in [1.54, 1.807) is 12.1 Å². The van der Waals surface area contributed by atoms with Crippen molar-refractivity contribution in [1.82, 2.24) is 0 Å². The van der Waals surface area contributed by atoms with Crippen molar-refractivity contribution in [3.05, 3.63) is 35.4 Å². The van der Waals surface area contributed by atoms with Crippen molar-refractivity contribution >= 4 is 21.6 Å². The lowest BCUT2D eigenvalue weighted by molar-refractivity contribution is -0.117. The number of esters is 1. The van der Waals surface area contributed by atoms with Crippen LogP contribution in [0.15, 0.2) is 24.3 Å². The SMILES string of the molecule is CC(=O)CCCOC(=O)c1ccc(CS(C)(=O)=O)cc1. The molecule has 0 aliphatic carbocycles. The lowest BCUT2D eigenvalue weighted by atomic mass is 10.1. The van der Waals surface area contributed by atoms with Gasteiger partial charge in [0.15, 0.2) is 9.84 Å². The van der Waals surface area contributed by atoms with Crippen molar-refractivity contribution in [3.63, 3.8) is 0 Å². The molecule has 0 spiro atoms. The summed E-state index contributed by atoms with van der Waals surface area (Å²) >= 11 is 0. The Hall–Kier alpha value is -1.69. The average Bonchev–Trinajstić information content (AvgIpc) is 2.33. The number of hydrogen-bond acceptors (Lipinski definition) is 5. The molecule has 0 saturated heterocycles. The molecule has 0 aromatic heterocycles. The highest BCUT2D eigenvalue weighted by Crippen LogP contribution is 2.09. The van der Waals surface area contributed by atoms with Crippen LogP contribution in [0.4, 0.5) is 0 Å². The van der Waals surface area contributed by atoms with Crippen molar-refractivity contribution in [3.8, 4) is 0 Å². The zero-order valence-electron chi connectivity index (χ0n) is 11.6. The lowest BCUT2D eigenvalue weighted by Crippen LogP contribution is -2.08. The van der Waals surface area contributed by atoms with Gasteiger partial charge in [-0.2, -0.15) is 0 Å². The normalized spacial score (nSPS) is 11.1. The molecule has 0 atom stereocenters. The standard InChI is InChI=1S/C14H18O5S/c1-11(15)4-3-9-19-14(16)13-7-5-12(6-8-13)10-20(2,17)18/h5-8H,3-4,9-10H2,1-2H3. The van der Waals surface area contributed by atoms with E-state index >= 15 is 0 Å². The Kier molecular flexibility index (Phi) is 5.88. The van der Waals surface area contributed by atoms with E-state index in [2.05, 4.69) is 0 Å². The fraction of sp³-hybridized carbons (Fsp3) is 0.429. The third-order valence-corrected chi connectivity index (χ3v) is 3.38. The Balaban J connectivity index is 2.51. The molecule has 0 unspecified atom stereocenters. The van der Waals surface area contributed by atoms with Gasteiger partial charge in [-0.05, 0) is 31.0 Å². The second-order valence-corrected chi connectivity index (χ2v) is 6.85. The van der Waals surface area contributed by atoms with Gasteiger partial charge < -0.3 is 9.53 Å². The summed E-state index contributed by atoms with van der Waals surface area (Å²) in [7, 11) is -3.08. The number of benzene rings is 1. The second-order valence-electron chi connectivity index (χ2n) is 4.71. The predicted octanol–water partition coefficient (Wildman–Crippen LogP) is 1.76. The first-order valence-corrected chi connectivity index (χ1v) is 8.27. The molecule has 0 heterocycles. The van der Waals surface area contributed by atoms with E-state index < -0.39 is 15.8 Å². The zero-order valence-corrected chi connectivity index (χ0v) is 12.4. The first-order valence-electron chi connectivity index (χ1n) is 6.21. The van der Waals surface area contributed by atoms with E-state index in [1.165, 1.54) is 19.1 Å². The second kappa shape index (κ2) is 7.19. The molecule has 20 heavy (non-hydrogen) atoms. The molecule has 0 bridgehead atoms. The maximum absolute atomic E-state index is 11.7. The largest absolute Gasteiger partial charge is 0.462 e. The van der Waals surface area contributed by atoms with Crippen molar-refractivity contribution in [2.45, 2.75) is 25.5 Å². The number of rotatable bonds is 7. The molecule has 0 radical (unpaired) electrons. The third-order valence-electron chi connectivity index (χ3n) is 2.52. The van der Waals surface area contributed by atoms with Crippen molar-refractivity contribution in [2.75, 3.05) is 12.9 Å². The monoisotopic (exact) mass is 298 g/mol. The topological polar surface area (TPSA) is 77.5 Å². The minimum absolute atomic E-state index is 0.0546. The van der Waals surface area contributed by atoms with Gasteiger partial charge in [-0.3, -0.25) is 0 Å². The summed E-state index contributed by atoms with van der Waals surface area (Å²) in [6.07, 6.45) is 2.05. The van der Waals surface area contributed by atoms with Gasteiger partial charge in [-0.1, -0.05) is 12.1 Å². The van der Waals surface area contributed by atoms with Crippen LogP contribution in [0.2, 0.25) is 0 Å². The molecule has 1 aromatic rings. The smallest absolute Gasteiger partial charge is 0.338 e. The fourth-order valence-electron chi connectivity index (χ4n) is 1.61. The van der Waals surface area contributed by atoms with Crippen LogP contribution in [0.25, 0.3) is 0 Å². The molecule has 1 rings (SSSR count). The summed E-state index contributed by atoms with van der Waals surface area (Å²) in [6.45, 7) is 1.69. The minimum Gasteiger partial charge on any atom is -0.462 e. The Morgan fingerprint density at radius 2 is 1.75 bits per heavy atom. The molecular formula is C14H18O5S. The number of ketones is 1. The summed E-state index contributed by atoms with van der Waals surface area (Å²) in [6, 6.07) is 6.25. The molecule has 1 aromatic carbocycles. The van der Waals surface area contributed by atoms with Crippen LogP contribution in [-0.2, 0) is 25.1 Å². The first kappa shape index (κ1) is 16.4. The van der Waals surface area contributed by atoms with Crippen LogP contribution in [0.3, 0.4) is 0 Å². The summed E-state index contributed by atoms with van der Waals surface area (Å²) in [5.74, 6) is -0.466. The highest BCUT2D eigenvalue weighted by atomic mass is 32.2. The van der Waals surface area contributed by atoms with Crippen molar-refractivity contribution < 1.29 is 22.7 Å². The molecular weight excluding hydrogens is 280 g/mol. The number of carbonyl (C=O) groups excluding carboxylic acids is 2. The van der Waals surface area contributed by atoms with Gasteiger partial charge in [-0.15, -0.1) is 0 Å². The van der Waals surface area contributed by atoms with Crippen molar-refractivity contribution in [1.29, 1.82) is 0 Å². The van der Waals surface area contributed by atoms with Crippen LogP contribution in [0, 0.1) is 0 Å². The number of hydrogen-bond donors (Lipinski definition) is 0. The van der Waals surface area contributed by atoms with Crippen LogP contribution >= 0.6 is 0 Å². The highest BCUT2D eigenvalue weighted by Gasteiger charge is 2.09. The molecule has 0 aliphatic rings. The molecule has 0 aliphatic heterocycles. The van der Waals surface area contributed by atoms with Crippen LogP contribution in [-0.4, -0.2) is 33.0 Å². The fourth-order valence-corrected chi connectivity index (χ4v) is 2.41. The van der Waals surface area contributed by atoms with Gasteiger partial charge in [-0.25, -0.2) is 13.2 Å². The van der Waals surface area contributed by atoms with Gasteiger partial charge in [0.05, 0.1) is 17.9 Å². The Morgan fingerprint density at radius 1 is 1.15 bits per heavy atom. The van der Waals surface area contributed by atoms with Gasteiger partial charge in [0, 0.05) is 12.7 Å². The van der Waals surface area contributed by atoms with Gasteiger partial charge >= 0.3 is 5.97 Å². The van der Waals surface area contributed by atoms with E-state index in [-0.39, 0.29) is 18.1 Å². The number of carbonyl (C=O) groups is 2. The number of Topliss-reactive ketones (excluding diaryl/α,β-unsaturated/α-hetero) is 1. The Labute approximate surface area is 118 Å². The number of sulfone groups is 1. The molecule has 0 amide bonds. The Bertz CT molecular complexity index is 572. The van der Waals surface area contributed by atoms with Gasteiger partial charge in [0.25, 0.3) is 0 Å². The number of ether oxygens (including phenoxy) is 1. The quantitative estimate of drug-likeness (QED) is 0.566. The molecule has 5 nitrogen and oxygen atoms in total. The zero-order chi connectivity index (χ0) is 15.2. The average molecular weight is 298 g/mol. The highest BCUT2D eigenvalue weighted by molar-refractivity contribution is 7.89. The maximum Gasteiger partial charge on any atom is 0.338 e. The van der Waals surface area contributed by atoms with Gasteiger partial charge in [0.2, 0.25) is 0 Å². The third kappa shape index (κ3) is 6.47. The van der Waals surface area contributed by atoms with Gasteiger partial charge in [0.1, 0.15) is 5.78 Å². The van der Waals surface area contributed by atoms with Crippen LogP contribution in [0.5, 0.6) is 0 Å². The molecule has 0 fully saturated rings. The van der Waals surface area contributed by atoms with E-state index in [0.29, 0.717) is 24.0 Å². The first-order chi connectivity index (χ1) is 9.28. The van der Waals surface area contributed by atoms with E-state index in [9.17, 15) is 18.0 Å². The summed E-state index contributed by atoms with van der Waals surface area (Å²) < 4.78 is 27.3. The molecule has 0 saturated carbocycles. The van der Waals surface area contributed by atoms with Crippen LogP contribution in [0.1, 0.15) is 35.7 Å². The summed E-state index contributed by atoms with van der Waals surface area (Å²) in [5, 5.41) is 0. The van der Waals surface area contributed by atoms with Crippen LogP contribution < -0.4 is 0 Å². The molecule has 0 N–H and O–H groups in total. The van der Waals surface area contributed by atoms with Crippen molar-refractivity contribution in [2.24, 2.45) is 0 Å². The van der Waals surface area contributed by atoms with E-state index in [1.807, 2.05) is 0 Å². The predicted molar refractivity (Wildman–Crippen MR) is 75.2 cm³/mol. The summed E-state index contributed by atoms with van der Waals surface area (Å²) in [5.41, 5.74) is 0.991. The van der Waals surface area contributed by atoms with E-state index in [0.717, 1.165) is 6.26 Å². The summed E-state index contributed by atoms with van der Waals surface area (Å²) in [4.78, 5) is 22.4. The maximum atomic E-state index is 11.7. The van der Waals surface area contributed by atoms with E-state index in [4.69, 9.17) is 4.74 Å². The Morgan fingerprint density at radius 3 is 2.25 bits per heavy atom. The lowest BCUT2D eigenvalue weighted by Gasteiger charge is -2.05. The minimum atomic E-state index is -3.08. The molecule has 110 valence electrons.